The van der Waals surface area contributed by atoms with Gasteiger partial charge in [0.2, 0.25) is 0 Å². The van der Waals surface area contributed by atoms with E-state index in [2.05, 4.69) is 10.1 Å². The molecule has 0 unspecified atom stereocenters. The van der Waals surface area contributed by atoms with Crippen molar-refractivity contribution in [2.75, 3.05) is 18.1 Å². The number of carbonyl (C=O) groups excluding carboxylic acids is 2. The topological polar surface area (TPSA) is 77.3 Å². The standard InChI is InChI=1S/C20H18N4O3/c25-19(23-11-3-5-15-4-1-2-6-18(15)23)12-27-20(26)16-7-9-17(10-8-16)24-14-21-13-22-24/h1-2,4,6-10,13-14H,3,5,11-12H2. The third-order valence-electron chi connectivity index (χ3n) is 4.52. The van der Waals surface area contributed by atoms with Crippen molar-refractivity contribution in [3.05, 3.63) is 72.3 Å². The Morgan fingerprint density at radius 2 is 1.89 bits per heavy atom. The summed E-state index contributed by atoms with van der Waals surface area (Å²) >= 11 is 0. The van der Waals surface area contributed by atoms with Crippen LogP contribution in [0.25, 0.3) is 5.69 Å². The molecule has 1 aromatic heterocycles. The number of carbonyl (C=O) groups is 2. The summed E-state index contributed by atoms with van der Waals surface area (Å²) in [4.78, 5) is 30.4. The van der Waals surface area contributed by atoms with E-state index in [1.54, 1.807) is 40.2 Å². The molecular weight excluding hydrogens is 344 g/mol. The quantitative estimate of drug-likeness (QED) is 0.666. The first kappa shape index (κ1) is 17.0. The van der Waals surface area contributed by atoms with Crippen molar-refractivity contribution in [3.63, 3.8) is 0 Å². The number of hydrogen-bond acceptors (Lipinski definition) is 5. The zero-order valence-corrected chi connectivity index (χ0v) is 14.6. The van der Waals surface area contributed by atoms with Crippen LogP contribution in [0.2, 0.25) is 0 Å². The van der Waals surface area contributed by atoms with Crippen LogP contribution in [0.15, 0.2) is 61.2 Å². The summed E-state index contributed by atoms with van der Waals surface area (Å²) in [5.41, 5.74) is 3.21. The van der Waals surface area contributed by atoms with Crippen LogP contribution in [0.4, 0.5) is 5.69 Å². The number of aryl methyl sites for hydroxylation is 1. The Labute approximate surface area is 156 Å². The largest absolute Gasteiger partial charge is 0.452 e. The Balaban J connectivity index is 1.39. The Hall–Kier alpha value is -3.48. The summed E-state index contributed by atoms with van der Waals surface area (Å²) in [7, 11) is 0. The van der Waals surface area contributed by atoms with Crippen molar-refractivity contribution < 1.29 is 14.3 Å². The first-order chi connectivity index (χ1) is 13.2. The van der Waals surface area contributed by atoms with Gasteiger partial charge in [-0.05, 0) is 48.7 Å². The van der Waals surface area contributed by atoms with Crippen LogP contribution in [0.3, 0.4) is 0 Å². The van der Waals surface area contributed by atoms with E-state index in [0.29, 0.717) is 12.1 Å². The number of para-hydroxylation sites is 1. The molecule has 0 fully saturated rings. The molecule has 7 heteroatoms. The summed E-state index contributed by atoms with van der Waals surface area (Å²) in [6.45, 7) is 0.359. The number of ether oxygens (including phenoxy) is 1. The fourth-order valence-electron chi connectivity index (χ4n) is 3.17. The normalized spacial score (nSPS) is 13.1. The predicted molar refractivity (Wildman–Crippen MR) is 98.8 cm³/mol. The van der Waals surface area contributed by atoms with E-state index in [-0.39, 0.29) is 12.5 Å². The molecular formula is C20H18N4O3. The average molecular weight is 362 g/mol. The molecule has 1 amide bonds. The maximum absolute atomic E-state index is 12.5. The number of amides is 1. The third kappa shape index (κ3) is 3.57. The molecule has 1 aliphatic heterocycles. The minimum absolute atomic E-state index is 0.213. The molecule has 3 aromatic rings. The molecule has 0 spiro atoms. The molecule has 0 radical (unpaired) electrons. The van der Waals surface area contributed by atoms with Crippen molar-refractivity contribution in [1.82, 2.24) is 14.8 Å². The van der Waals surface area contributed by atoms with Crippen LogP contribution >= 0.6 is 0 Å². The number of hydrogen-bond donors (Lipinski definition) is 0. The maximum atomic E-state index is 12.5. The number of nitrogens with zero attached hydrogens (tertiary/aromatic N) is 4. The van der Waals surface area contributed by atoms with E-state index < -0.39 is 5.97 Å². The highest BCUT2D eigenvalue weighted by Gasteiger charge is 2.23. The molecule has 4 rings (SSSR count). The minimum Gasteiger partial charge on any atom is -0.452 e. The summed E-state index contributed by atoms with van der Waals surface area (Å²) < 4.78 is 6.81. The van der Waals surface area contributed by atoms with E-state index in [1.165, 1.54) is 6.33 Å². The molecule has 2 aromatic carbocycles. The molecule has 0 aliphatic carbocycles. The minimum atomic E-state index is -0.529. The summed E-state index contributed by atoms with van der Waals surface area (Å²) in [5, 5.41) is 4.03. The van der Waals surface area contributed by atoms with E-state index in [0.717, 1.165) is 29.8 Å². The lowest BCUT2D eigenvalue weighted by molar-refractivity contribution is -0.121. The van der Waals surface area contributed by atoms with Gasteiger partial charge in [0, 0.05) is 12.2 Å². The molecule has 0 saturated carbocycles. The number of anilines is 1. The monoisotopic (exact) mass is 362 g/mol. The second-order valence-corrected chi connectivity index (χ2v) is 6.24. The van der Waals surface area contributed by atoms with Crippen molar-refractivity contribution in [3.8, 4) is 5.69 Å². The van der Waals surface area contributed by atoms with Gasteiger partial charge >= 0.3 is 5.97 Å². The second-order valence-electron chi connectivity index (χ2n) is 6.24. The van der Waals surface area contributed by atoms with E-state index in [4.69, 9.17) is 4.74 Å². The first-order valence-electron chi connectivity index (χ1n) is 8.73. The molecule has 0 bridgehead atoms. The molecule has 0 atom stereocenters. The Morgan fingerprint density at radius 3 is 2.67 bits per heavy atom. The molecule has 7 nitrogen and oxygen atoms in total. The van der Waals surface area contributed by atoms with Gasteiger partial charge in [-0.25, -0.2) is 14.5 Å². The zero-order chi connectivity index (χ0) is 18.6. The highest BCUT2D eigenvalue weighted by Crippen LogP contribution is 2.26. The molecule has 1 aliphatic rings. The number of esters is 1. The van der Waals surface area contributed by atoms with Crippen molar-refractivity contribution in [1.29, 1.82) is 0 Å². The van der Waals surface area contributed by atoms with E-state index in [1.807, 2.05) is 24.3 Å². The lowest BCUT2D eigenvalue weighted by Crippen LogP contribution is -2.38. The van der Waals surface area contributed by atoms with Gasteiger partial charge in [0.15, 0.2) is 6.61 Å². The van der Waals surface area contributed by atoms with Crippen LogP contribution in [-0.2, 0) is 16.0 Å². The third-order valence-corrected chi connectivity index (χ3v) is 4.52. The molecule has 0 saturated heterocycles. The molecule has 2 heterocycles. The van der Waals surface area contributed by atoms with E-state index >= 15 is 0 Å². The molecule has 136 valence electrons. The summed E-state index contributed by atoms with van der Waals surface area (Å²) in [6.07, 6.45) is 4.87. The molecule has 27 heavy (non-hydrogen) atoms. The maximum Gasteiger partial charge on any atom is 0.338 e. The summed E-state index contributed by atoms with van der Waals surface area (Å²) in [5.74, 6) is -0.742. The van der Waals surface area contributed by atoms with Gasteiger partial charge in [-0.1, -0.05) is 18.2 Å². The van der Waals surface area contributed by atoms with Crippen molar-refractivity contribution in [2.24, 2.45) is 0 Å². The van der Waals surface area contributed by atoms with Gasteiger partial charge in [-0.15, -0.1) is 0 Å². The SMILES string of the molecule is O=C(OCC(=O)N1CCCc2ccccc21)c1ccc(-n2cncn2)cc1. The van der Waals surface area contributed by atoms with Gasteiger partial charge < -0.3 is 9.64 Å². The van der Waals surface area contributed by atoms with Crippen LogP contribution < -0.4 is 4.90 Å². The lowest BCUT2D eigenvalue weighted by atomic mass is 10.0. The highest BCUT2D eigenvalue weighted by molar-refractivity contribution is 5.98. The number of rotatable bonds is 4. The van der Waals surface area contributed by atoms with Gasteiger partial charge in [0.1, 0.15) is 12.7 Å². The van der Waals surface area contributed by atoms with Crippen molar-refractivity contribution in [2.45, 2.75) is 12.8 Å². The van der Waals surface area contributed by atoms with Gasteiger partial charge in [0.25, 0.3) is 5.91 Å². The van der Waals surface area contributed by atoms with Crippen LogP contribution in [0, 0.1) is 0 Å². The Kier molecular flexibility index (Phi) is 4.65. The fourth-order valence-corrected chi connectivity index (χ4v) is 3.17. The predicted octanol–water partition coefficient (Wildman–Crippen LogP) is 2.40. The van der Waals surface area contributed by atoms with Gasteiger partial charge in [0.05, 0.1) is 11.3 Å². The summed E-state index contributed by atoms with van der Waals surface area (Å²) in [6, 6.07) is 14.6. The lowest BCUT2D eigenvalue weighted by Gasteiger charge is -2.29. The number of benzene rings is 2. The van der Waals surface area contributed by atoms with Crippen molar-refractivity contribution >= 4 is 17.6 Å². The van der Waals surface area contributed by atoms with Crippen LogP contribution in [-0.4, -0.2) is 39.8 Å². The number of aromatic nitrogens is 3. The number of fused-ring (bicyclic) bond motifs is 1. The first-order valence-corrected chi connectivity index (χ1v) is 8.73. The second kappa shape index (κ2) is 7.41. The Bertz CT molecular complexity index is 952. The highest BCUT2D eigenvalue weighted by atomic mass is 16.5. The smallest absolute Gasteiger partial charge is 0.338 e. The average Bonchev–Trinajstić information content (AvgIpc) is 3.26. The van der Waals surface area contributed by atoms with Gasteiger partial charge in [-0.2, -0.15) is 5.10 Å². The van der Waals surface area contributed by atoms with Gasteiger partial charge in [-0.3, -0.25) is 4.79 Å². The molecule has 0 N–H and O–H groups in total. The van der Waals surface area contributed by atoms with Crippen LogP contribution in [0.1, 0.15) is 22.3 Å². The zero-order valence-electron chi connectivity index (χ0n) is 14.6. The Morgan fingerprint density at radius 1 is 1.07 bits per heavy atom. The van der Waals surface area contributed by atoms with Crippen LogP contribution in [0.5, 0.6) is 0 Å². The van der Waals surface area contributed by atoms with E-state index in [9.17, 15) is 9.59 Å². The fraction of sp³-hybridized carbons (Fsp3) is 0.200.